The smallest absolute Gasteiger partial charge is 0.244 e. The summed E-state index contributed by atoms with van der Waals surface area (Å²) < 4.78 is 11.3. The quantitative estimate of drug-likeness (QED) is 0.449. The molecule has 5 rings (SSSR count). The van der Waals surface area contributed by atoms with Crippen molar-refractivity contribution in [2.24, 2.45) is 0 Å². The number of benzene rings is 2. The van der Waals surface area contributed by atoms with Gasteiger partial charge >= 0.3 is 0 Å². The topological polar surface area (TPSA) is 85.0 Å². The highest BCUT2D eigenvalue weighted by Gasteiger charge is 2.36. The summed E-state index contributed by atoms with van der Waals surface area (Å²) >= 11 is 0. The minimum absolute atomic E-state index is 0.107. The van der Waals surface area contributed by atoms with Gasteiger partial charge in [-0.25, -0.2) is 9.97 Å². The molecule has 0 aliphatic carbocycles. The van der Waals surface area contributed by atoms with Gasteiger partial charge in [-0.15, -0.1) is 5.10 Å². The van der Waals surface area contributed by atoms with Gasteiger partial charge in [0, 0.05) is 16.9 Å². The monoisotopic (exact) mass is 399 g/mol. The molecule has 0 fully saturated rings. The van der Waals surface area contributed by atoms with Crippen LogP contribution in [0.4, 0.5) is 11.5 Å². The van der Waals surface area contributed by atoms with Crippen LogP contribution >= 0.6 is 0 Å². The van der Waals surface area contributed by atoms with Crippen LogP contribution in [0.2, 0.25) is 0 Å². The van der Waals surface area contributed by atoms with Gasteiger partial charge < -0.3 is 14.8 Å². The van der Waals surface area contributed by atoms with E-state index in [9.17, 15) is 0 Å². The average Bonchev–Trinajstić information content (AvgIpc) is 3.13. The first kappa shape index (κ1) is 18.2. The first-order chi connectivity index (χ1) is 14.6. The fourth-order valence-corrected chi connectivity index (χ4v) is 3.88. The number of ether oxygens (including phenoxy) is 2. The molecule has 2 aromatic heterocycles. The number of fused-ring (bicyclic) bond motifs is 2. The molecule has 2 N–H and O–H groups in total. The molecule has 0 saturated carbocycles. The van der Waals surface area contributed by atoms with Gasteiger partial charge in [-0.3, -0.25) is 5.10 Å². The van der Waals surface area contributed by atoms with E-state index in [4.69, 9.17) is 9.47 Å². The number of aromatic nitrogens is 4. The van der Waals surface area contributed by atoms with Crippen molar-refractivity contribution in [3.63, 3.8) is 0 Å². The third kappa shape index (κ3) is 3.04. The molecule has 4 aromatic rings. The normalized spacial score (nSPS) is 14.4. The SMILES string of the molecule is COc1ccc(Nc2ncnc3c2C(c2cccc(C)c2)c2c(n[nH]c2C)O3)cc1. The standard InChI is InChI=1S/C23H21N5O2/c1-13-5-4-6-15(11-13)19-18-14(2)27-28-23(18)30-22-20(19)21(24-12-25-22)26-16-7-9-17(29-3)10-8-16/h4-12,19H,1-3H3,(H,27,28)(H,24,25,26). The van der Waals surface area contributed by atoms with E-state index in [1.807, 2.05) is 31.2 Å². The molecular formula is C23H21N5O2. The van der Waals surface area contributed by atoms with E-state index < -0.39 is 0 Å². The van der Waals surface area contributed by atoms with Crippen LogP contribution in [-0.2, 0) is 0 Å². The average molecular weight is 399 g/mol. The molecule has 1 unspecified atom stereocenters. The van der Waals surface area contributed by atoms with Gasteiger partial charge in [0.2, 0.25) is 11.8 Å². The number of aromatic amines is 1. The van der Waals surface area contributed by atoms with Crippen LogP contribution in [0.1, 0.15) is 33.9 Å². The lowest BCUT2D eigenvalue weighted by Gasteiger charge is -2.27. The molecule has 0 bridgehead atoms. The summed E-state index contributed by atoms with van der Waals surface area (Å²) in [6.45, 7) is 4.09. The Balaban J connectivity index is 1.66. The van der Waals surface area contributed by atoms with Gasteiger partial charge in [0.25, 0.3) is 0 Å². The Morgan fingerprint density at radius 1 is 1.00 bits per heavy atom. The zero-order valence-electron chi connectivity index (χ0n) is 16.9. The lowest BCUT2D eigenvalue weighted by atomic mass is 9.83. The summed E-state index contributed by atoms with van der Waals surface area (Å²) in [6, 6.07) is 16.2. The van der Waals surface area contributed by atoms with Crippen LogP contribution in [-0.4, -0.2) is 27.3 Å². The molecule has 1 atom stereocenters. The number of hydrogen-bond donors (Lipinski definition) is 2. The van der Waals surface area contributed by atoms with E-state index in [1.165, 1.54) is 11.9 Å². The van der Waals surface area contributed by atoms with Crippen molar-refractivity contribution in [2.45, 2.75) is 19.8 Å². The Kier molecular flexibility index (Phi) is 4.35. The molecule has 2 aromatic carbocycles. The minimum atomic E-state index is -0.107. The van der Waals surface area contributed by atoms with Crippen LogP contribution in [0, 0.1) is 13.8 Å². The highest BCUT2D eigenvalue weighted by atomic mass is 16.5. The Bertz CT molecular complexity index is 1220. The van der Waals surface area contributed by atoms with Crippen molar-refractivity contribution in [1.29, 1.82) is 0 Å². The number of nitrogens with zero attached hydrogens (tertiary/aromatic N) is 3. The van der Waals surface area contributed by atoms with Crippen molar-refractivity contribution in [3.05, 3.63) is 82.8 Å². The number of nitrogens with one attached hydrogen (secondary N) is 2. The molecule has 150 valence electrons. The first-order valence-corrected chi connectivity index (χ1v) is 9.69. The summed E-state index contributed by atoms with van der Waals surface area (Å²) in [7, 11) is 1.65. The van der Waals surface area contributed by atoms with E-state index in [0.29, 0.717) is 17.6 Å². The first-order valence-electron chi connectivity index (χ1n) is 9.69. The highest BCUT2D eigenvalue weighted by Crippen LogP contribution is 2.49. The van der Waals surface area contributed by atoms with E-state index in [0.717, 1.165) is 33.8 Å². The van der Waals surface area contributed by atoms with Crippen molar-refractivity contribution >= 4 is 11.5 Å². The number of methoxy groups -OCH3 is 1. The van der Waals surface area contributed by atoms with Crippen LogP contribution in [0.3, 0.4) is 0 Å². The molecule has 7 heteroatoms. The molecule has 1 aliphatic rings. The van der Waals surface area contributed by atoms with E-state index in [-0.39, 0.29) is 5.92 Å². The number of H-pyrrole nitrogens is 1. The molecule has 0 saturated heterocycles. The van der Waals surface area contributed by atoms with Gasteiger partial charge in [0.1, 0.15) is 17.9 Å². The predicted octanol–water partition coefficient (Wildman–Crippen LogP) is 4.85. The molecule has 3 heterocycles. The summed E-state index contributed by atoms with van der Waals surface area (Å²) in [6.07, 6.45) is 1.50. The second-order valence-electron chi connectivity index (χ2n) is 7.31. The Labute approximate surface area is 174 Å². The lowest BCUT2D eigenvalue weighted by Crippen LogP contribution is -2.16. The third-order valence-electron chi connectivity index (χ3n) is 5.31. The number of hydrogen-bond acceptors (Lipinski definition) is 6. The summed E-state index contributed by atoms with van der Waals surface area (Å²) in [5.74, 6) is 2.45. The van der Waals surface area contributed by atoms with E-state index in [1.54, 1.807) is 7.11 Å². The molecule has 1 aliphatic heterocycles. The van der Waals surface area contributed by atoms with Crippen LogP contribution in [0.25, 0.3) is 0 Å². The van der Waals surface area contributed by atoms with Crippen molar-refractivity contribution < 1.29 is 9.47 Å². The number of rotatable bonds is 4. The van der Waals surface area contributed by atoms with E-state index in [2.05, 4.69) is 56.7 Å². The van der Waals surface area contributed by atoms with Crippen molar-refractivity contribution in [1.82, 2.24) is 20.2 Å². The maximum atomic E-state index is 6.04. The molecular weight excluding hydrogens is 378 g/mol. The van der Waals surface area contributed by atoms with Gasteiger partial charge in [-0.2, -0.15) is 0 Å². The van der Waals surface area contributed by atoms with Gasteiger partial charge in [0.05, 0.1) is 18.6 Å². The lowest BCUT2D eigenvalue weighted by molar-refractivity contribution is 0.414. The van der Waals surface area contributed by atoms with Gasteiger partial charge in [0.15, 0.2) is 0 Å². The van der Waals surface area contributed by atoms with Crippen molar-refractivity contribution in [2.75, 3.05) is 12.4 Å². The fourth-order valence-electron chi connectivity index (χ4n) is 3.88. The minimum Gasteiger partial charge on any atom is -0.497 e. The zero-order valence-corrected chi connectivity index (χ0v) is 16.9. The zero-order chi connectivity index (χ0) is 20.7. The second-order valence-corrected chi connectivity index (χ2v) is 7.31. The van der Waals surface area contributed by atoms with Gasteiger partial charge in [-0.1, -0.05) is 29.8 Å². The number of aryl methyl sites for hydroxylation is 2. The van der Waals surface area contributed by atoms with Crippen LogP contribution in [0.5, 0.6) is 17.5 Å². The summed E-state index contributed by atoms with van der Waals surface area (Å²) in [4.78, 5) is 8.96. The van der Waals surface area contributed by atoms with Crippen molar-refractivity contribution in [3.8, 4) is 17.5 Å². The molecule has 0 spiro atoms. The molecule has 0 amide bonds. The van der Waals surface area contributed by atoms with Crippen LogP contribution in [0.15, 0.2) is 54.9 Å². The maximum Gasteiger partial charge on any atom is 0.244 e. The predicted molar refractivity (Wildman–Crippen MR) is 114 cm³/mol. The Morgan fingerprint density at radius 3 is 2.60 bits per heavy atom. The largest absolute Gasteiger partial charge is 0.497 e. The maximum absolute atomic E-state index is 6.04. The highest BCUT2D eigenvalue weighted by molar-refractivity contribution is 5.68. The molecule has 30 heavy (non-hydrogen) atoms. The Morgan fingerprint density at radius 2 is 1.83 bits per heavy atom. The number of anilines is 2. The second kappa shape index (κ2) is 7.18. The fraction of sp³-hybridized carbons (Fsp3) is 0.174. The molecule has 7 nitrogen and oxygen atoms in total. The van der Waals surface area contributed by atoms with E-state index >= 15 is 0 Å². The van der Waals surface area contributed by atoms with Crippen LogP contribution < -0.4 is 14.8 Å². The molecule has 0 radical (unpaired) electrons. The summed E-state index contributed by atoms with van der Waals surface area (Å²) in [5.41, 5.74) is 6.06. The third-order valence-corrected chi connectivity index (χ3v) is 5.31. The van der Waals surface area contributed by atoms with Gasteiger partial charge in [-0.05, 0) is 43.7 Å². The Hall–Kier alpha value is -3.87. The summed E-state index contributed by atoms with van der Waals surface area (Å²) in [5, 5.41) is 10.8.